The lowest BCUT2D eigenvalue weighted by Gasteiger charge is -2.10. The number of halogens is 1. The van der Waals surface area contributed by atoms with E-state index in [9.17, 15) is 9.59 Å². The van der Waals surface area contributed by atoms with Crippen molar-refractivity contribution in [2.24, 2.45) is 0 Å². The average Bonchev–Trinajstić information content (AvgIpc) is 2.55. The Morgan fingerprint density at radius 1 is 1.12 bits per heavy atom. The van der Waals surface area contributed by atoms with Crippen molar-refractivity contribution in [3.8, 4) is 0 Å². The van der Waals surface area contributed by atoms with Crippen LogP contribution in [0.2, 0.25) is 0 Å². The fourth-order valence-corrected chi connectivity index (χ4v) is 2.63. The molecule has 0 aliphatic heterocycles. The Morgan fingerprint density at radius 2 is 1.83 bits per heavy atom. The second-order valence-electron chi connectivity index (χ2n) is 4.72. The Morgan fingerprint density at radius 3 is 2.46 bits per heavy atom. The predicted octanol–water partition coefficient (Wildman–Crippen LogP) is 3.59. The summed E-state index contributed by atoms with van der Waals surface area (Å²) >= 11 is 7.27. The first-order chi connectivity index (χ1) is 11.5. The molecule has 0 saturated heterocycles. The van der Waals surface area contributed by atoms with Gasteiger partial charge in [0.15, 0.2) is 5.11 Å². The molecule has 0 fully saturated rings. The summed E-state index contributed by atoms with van der Waals surface area (Å²) in [7, 11) is 0. The minimum absolute atomic E-state index is 0.183. The predicted molar refractivity (Wildman–Crippen MR) is 105 cm³/mol. The standard InChI is InChI=1S/C17H15IN2O3S/c1-2-23-16(22)11-6-8-14(9-7-11)19-17(24)20-15(21)12-4-3-5-13(18)10-12/h3-10H,2H2,1H3,(H2,19,20,21,24). The molecule has 24 heavy (non-hydrogen) atoms. The number of nitrogens with one attached hydrogen (secondary N) is 2. The van der Waals surface area contributed by atoms with Crippen LogP contribution >= 0.6 is 34.8 Å². The number of hydrogen-bond acceptors (Lipinski definition) is 4. The zero-order chi connectivity index (χ0) is 17.5. The number of rotatable bonds is 4. The zero-order valence-electron chi connectivity index (χ0n) is 12.8. The number of ether oxygens (including phenoxy) is 1. The molecule has 2 aromatic carbocycles. The van der Waals surface area contributed by atoms with Gasteiger partial charge < -0.3 is 10.1 Å². The van der Waals surface area contributed by atoms with Crippen molar-refractivity contribution in [2.45, 2.75) is 6.92 Å². The van der Waals surface area contributed by atoms with Crippen molar-refractivity contribution in [2.75, 3.05) is 11.9 Å². The topological polar surface area (TPSA) is 67.4 Å². The molecule has 0 spiro atoms. The van der Waals surface area contributed by atoms with E-state index >= 15 is 0 Å². The van der Waals surface area contributed by atoms with Gasteiger partial charge in [-0.05, 0) is 84.2 Å². The summed E-state index contributed by atoms with van der Waals surface area (Å²) in [6.45, 7) is 2.08. The number of carbonyl (C=O) groups is 2. The van der Waals surface area contributed by atoms with E-state index < -0.39 is 0 Å². The Hall–Kier alpha value is -2.00. The third-order valence-electron chi connectivity index (χ3n) is 2.97. The highest BCUT2D eigenvalue weighted by Crippen LogP contribution is 2.11. The molecule has 0 bridgehead atoms. The Labute approximate surface area is 158 Å². The van der Waals surface area contributed by atoms with Crippen LogP contribution in [0.1, 0.15) is 27.6 Å². The van der Waals surface area contributed by atoms with E-state index in [1.807, 2.05) is 6.07 Å². The fraction of sp³-hybridized carbons (Fsp3) is 0.118. The lowest BCUT2D eigenvalue weighted by molar-refractivity contribution is 0.0526. The van der Waals surface area contributed by atoms with Gasteiger partial charge in [0.2, 0.25) is 0 Å². The quantitative estimate of drug-likeness (QED) is 0.420. The van der Waals surface area contributed by atoms with E-state index in [-0.39, 0.29) is 17.0 Å². The first kappa shape index (κ1) is 18.3. The van der Waals surface area contributed by atoms with Gasteiger partial charge in [-0.15, -0.1) is 0 Å². The molecule has 1 amide bonds. The van der Waals surface area contributed by atoms with Crippen LogP contribution in [0.3, 0.4) is 0 Å². The van der Waals surface area contributed by atoms with Crippen LogP contribution in [0.15, 0.2) is 48.5 Å². The highest BCUT2D eigenvalue weighted by atomic mass is 127. The van der Waals surface area contributed by atoms with Crippen LogP contribution in [0, 0.1) is 3.57 Å². The van der Waals surface area contributed by atoms with Crippen LogP contribution in [-0.2, 0) is 4.74 Å². The number of thiocarbonyl (C=S) groups is 1. The highest BCUT2D eigenvalue weighted by molar-refractivity contribution is 14.1. The number of esters is 1. The van der Waals surface area contributed by atoms with Crippen molar-refractivity contribution in [3.05, 3.63) is 63.2 Å². The molecular weight excluding hydrogens is 439 g/mol. The number of anilines is 1. The van der Waals surface area contributed by atoms with Gasteiger partial charge in [0.1, 0.15) is 0 Å². The van der Waals surface area contributed by atoms with E-state index in [1.165, 1.54) is 0 Å². The maximum absolute atomic E-state index is 12.1. The Bertz CT molecular complexity index is 763. The molecule has 7 heteroatoms. The number of amides is 1. The van der Waals surface area contributed by atoms with Gasteiger partial charge in [-0.1, -0.05) is 6.07 Å². The van der Waals surface area contributed by atoms with Gasteiger partial charge in [-0.3, -0.25) is 10.1 Å². The van der Waals surface area contributed by atoms with Gasteiger partial charge in [0.25, 0.3) is 5.91 Å². The van der Waals surface area contributed by atoms with Crippen LogP contribution in [0.5, 0.6) is 0 Å². The minimum atomic E-state index is -0.376. The van der Waals surface area contributed by atoms with E-state index in [0.29, 0.717) is 23.4 Å². The lowest BCUT2D eigenvalue weighted by Crippen LogP contribution is -2.34. The number of hydrogen-bond donors (Lipinski definition) is 2. The van der Waals surface area contributed by atoms with Crippen LogP contribution < -0.4 is 10.6 Å². The molecule has 0 saturated carbocycles. The summed E-state index contributed by atoms with van der Waals surface area (Å²) in [6, 6.07) is 13.8. The van der Waals surface area contributed by atoms with Crippen molar-refractivity contribution in [1.82, 2.24) is 5.32 Å². The molecule has 2 rings (SSSR count). The fourth-order valence-electron chi connectivity index (χ4n) is 1.87. The van der Waals surface area contributed by atoms with E-state index in [2.05, 4.69) is 33.2 Å². The molecule has 0 aliphatic carbocycles. The highest BCUT2D eigenvalue weighted by Gasteiger charge is 2.09. The van der Waals surface area contributed by atoms with Crippen LogP contribution in [0.4, 0.5) is 5.69 Å². The van der Waals surface area contributed by atoms with Crippen LogP contribution in [-0.4, -0.2) is 23.6 Å². The molecule has 0 aliphatic rings. The molecule has 0 unspecified atom stereocenters. The van der Waals surface area contributed by atoms with Crippen molar-refractivity contribution >= 4 is 57.5 Å². The molecule has 0 heterocycles. The van der Waals surface area contributed by atoms with Crippen LogP contribution in [0.25, 0.3) is 0 Å². The smallest absolute Gasteiger partial charge is 0.338 e. The average molecular weight is 454 g/mol. The van der Waals surface area contributed by atoms with E-state index in [0.717, 1.165) is 3.57 Å². The molecule has 5 nitrogen and oxygen atoms in total. The number of carbonyl (C=O) groups excluding carboxylic acids is 2. The second-order valence-corrected chi connectivity index (χ2v) is 6.37. The zero-order valence-corrected chi connectivity index (χ0v) is 15.8. The first-order valence-corrected chi connectivity index (χ1v) is 8.63. The summed E-state index contributed by atoms with van der Waals surface area (Å²) in [5.74, 6) is -0.659. The normalized spacial score (nSPS) is 9.92. The molecule has 0 atom stereocenters. The minimum Gasteiger partial charge on any atom is -0.462 e. The summed E-state index contributed by atoms with van der Waals surface area (Å²) in [4.78, 5) is 23.7. The summed E-state index contributed by atoms with van der Waals surface area (Å²) in [5, 5.41) is 5.70. The first-order valence-electron chi connectivity index (χ1n) is 7.14. The summed E-state index contributed by atoms with van der Waals surface area (Å²) in [6.07, 6.45) is 0. The summed E-state index contributed by atoms with van der Waals surface area (Å²) < 4.78 is 5.88. The molecular formula is C17H15IN2O3S. The van der Waals surface area contributed by atoms with Gasteiger partial charge in [-0.2, -0.15) is 0 Å². The lowest BCUT2D eigenvalue weighted by atomic mass is 10.2. The molecule has 2 N–H and O–H groups in total. The molecule has 0 aromatic heterocycles. The largest absolute Gasteiger partial charge is 0.462 e. The maximum Gasteiger partial charge on any atom is 0.338 e. The van der Waals surface area contributed by atoms with Gasteiger partial charge in [-0.25, -0.2) is 4.79 Å². The SMILES string of the molecule is CCOC(=O)c1ccc(NC(=S)NC(=O)c2cccc(I)c2)cc1. The van der Waals surface area contributed by atoms with E-state index in [4.69, 9.17) is 17.0 Å². The third kappa shape index (κ3) is 5.27. The second kappa shape index (κ2) is 8.74. The molecule has 2 aromatic rings. The monoisotopic (exact) mass is 454 g/mol. The van der Waals surface area contributed by atoms with Gasteiger partial charge >= 0.3 is 5.97 Å². The Balaban J connectivity index is 1.94. The Kier molecular flexibility index (Phi) is 6.68. The van der Waals surface area contributed by atoms with E-state index in [1.54, 1.807) is 49.4 Å². The van der Waals surface area contributed by atoms with Crippen molar-refractivity contribution in [1.29, 1.82) is 0 Å². The summed E-state index contributed by atoms with van der Waals surface area (Å²) in [5.41, 5.74) is 1.65. The van der Waals surface area contributed by atoms with Crippen molar-refractivity contribution < 1.29 is 14.3 Å². The third-order valence-corrected chi connectivity index (χ3v) is 3.84. The number of benzene rings is 2. The molecule has 0 radical (unpaired) electrons. The van der Waals surface area contributed by atoms with Crippen molar-refractivity contribution in [3.63, 3.8) is 0 Å². The molecule has 124 valence electrons. The van der Waals surface area contributed by atoms with Gasteiger partial charge in [0, 0.05) is 14.8 Å². The van der Waals surface area contributed by atoms with Gasteiger partial charge in [0.05, 0.1) is 12.2 Å². The maximum atomic E-state index is 12.1.